The molecule has 9 heteroatoms. The van der Waals surface area contributed by atoms with E-state index in [9.17, 15) is 4.79 Å². The molecule has 1 saturated heterocycles. The molecule has 0 radical (unpaired) electrons. The van der Waals surface area contributed by atoms with Crippen molar-refractivity contribution in [2.24, 2.45) is 11.7 Å². The summed E-state index contributed by atoms with van der Waals surface area (Å²) in [5.74, 6) is 1.53. The molecule has 5 rings (SSSR count). The van der Waals surface area contributed by atoms with Crippen LogP contribution in [0, 0.1) is 5.92 Å². The number of rotatable bonds is 5. The van der Waals surface area contributed by atoms with Crippen molar-refractivity contribution >= 4 is 34.5 Å². The number of primary amides is 1. The summed E-state index contributed by atoms with van der Waals surface area (Å²) in [6, 6.07) is 9.49. The number of amides is 1. The van der Waals surface area contributed by atoms with Gasteiger partial charge in [-0.2, -0.15) is 0 Å². The van der Waals surface area contributed by atoms with Crippen LogP contribution in [0.25, 0.3) is 28.1 Å². The van der Waals surface area contributed by atoms with Gasteiger partial charge in [0, 0.05) is 48.8 Å². The van der Waals surface area contributed by atoms with Gasteiger partial charge in [0.2, 0.25) is 11.9 Å². The van der Waals surface area contributed by atoms with Crippen molar-refractivity contribution in [2.45, 2.75) is 19.3 Å². The van der Waals surface area contributed by atoms with E-state index in [1.54, 1.807) is 24.8 Å². The fourth-order valence-electron chi connectivity index (χ4n) is 4.19. The Bertz CT molecular complexity index is 1250. The molecule has 0 bridgehead atoms. The number of aromatic nitrogens is 5. The molecule has 162 valence electrons. The van der Waals surface area contributed by atoms with Gasteiger partial charge < -0.3 is 10.6 Å². The van der Waals surface area contributed by atoms with E-state index in [1.807, 2.05) is 34.9 Å². The second kappa shape index (κ2) is 8.55. The molecule has 0 saturated carbocycles. The van der Waals surface area contributed by atoms with Gasteiger partial charge in [0.05, 0.1) is 22.8 Å². The van der Waals surface area contributed by atoms with E-state index in [2.05, 4.69) is 19.9 Å². The number of nitrogens with zero attached hydrogens (tertiary/aromatic N) is 6. The van der Waals surface area contributed by atoms with Crippen molar-refractivity contribution in [3.63, 3.8) is 0 Å². The SMILES string of the molecule is NC(=O)CC1CCN(c2ncc(-c3nc4ccncc4n3-c3ccc(Cl)cc3)cn2)CC1. The summed E-state index contributed by atoms with van der Waals surface area (Å²) in [6.07, 6.45) is 9.40. The molecular formula is C23H22ClN7O. The molecule has 32 heavy (non-hydrogen) atoms. The molecule has 0 spiro atoms. The zero-order valence-electron chi connectivity index (χ0n) is 17.4. The first-order chi connectivity index (χ1) is 15.6. The summed E-state index contributed by atoms with van der Waals surface area (Å²) >= 11 is 6.09. The first-order valence-electron chi connectivity index (χ1n) is 10.5. The first kappa shape index (κ1) is 20.4. The van der Waals surface area contributed by atoms with E-state index in [1.165, 1.54) is 0 Å². The third-order valence-corrected chi connectivity index (χ3v) is 6.08. The number of fused-ring (bicyclic) bond motifs is 1. The van der Waals surface area contributed by atoms with Gasteiger partial charge in [-0.1, -0.05) is 11.6 Å². The van der Waals surface area contributed by atoms with Crippen molar-refractivity contribution in [2.75, 3.05) is 18.0 Å². The fraction of sp³-hybridized carbons (Fsp3) is 0.261. The Morgan fingerprint density at radius 3 is 2.47 bits per heavy atom. The second-order valence-corrected chi connectivity index (χ2v) is 8.42. The Hall–Kier alpha value is -3.52. The lowest BCUT2D eigenvalue weighted by molar-refractivity contribution is -0.119. The molecule has 0 atom stereocenters. The molecule has 2 N–H and O–H groups in total. The van der Waals surface area contributed by atoms with Crippen LogP contribution < -0.4 is 10.6 Å². The van der Waals surface area contributed by atoms with Crippen molar-refractivity contribution in [3.05, 3.63) is 60.1 Å². The minimum Gasteiger partial charge on any atom is -0.370 e. The molecule has 0 unspecified atom stereocenters. The number of nitrogens with two attached hydrogens (primary N) is 1. The number of carbonyl (C=O) groups excluding carboxylic acids is 1. The van der Waals surface area contributed by atoms with Gasteiger partial charge in [-0.25, -0.2) is 15.0 Å². The molecule has 0 aliphatic carbocycles. The standard InChI is InChI=1S/C23H22ClN7O/c24-17-1-3-18(4-2-17)31-20-14-26-8-5-19(20)29-22(31)16-12-27-23(28-13-16)30-9-6-15(7-10-30)11-21(25)32/h1-5,8,12-15H,6-7,9-11H2,(H2,25,32). The Kier molecular flexibility index (Phi) is 5.45. The van der Waals surface area contributed by atoms with Gasteiger partial charge in [0.25, 0.3) is 0 Å². The van der Waals surface area contributed by atoms with E-state index >= 15 is 0 Å². The highest BCUT2D eigenvalue weighted by Gasteiger charge is 2.23. The van der Waals surface area contributed by atoms with Crippen LogP contribution in [0.3, 0.4) is 0 Å². The highest BCUT2D eigenvalue weighted by molar-refractivity contribution is 6.30. The topological polar surface area (TPSA) is 103 Å². The van der Waals surface area contributed by atoms with Crippen LogP contribution in [0.1, 0.15) is 19.3 Å². The smallest absolute Gasteiger partial charge is 0.225 e. The van der Waals surface area contributed by atoms with Crippen LogP contribution >= 0.6 is 11.6 Å². The number of hydrogen-bond donors (Lipinski definition) is 1. The monoisotopic (exact) mass is 447 g/mol. The number of benzene rings is 1. The van der Waals surface area contributed by atoms with Crippen LogP contribution in [0.4, 0.5) is 5.95 Å². The second-order valence-electron chi connectivity index (χ2n) is 7.98. The normalized spacial score (nSPS) is 14.7. The van der Waals surface area contributed by atoms with Gasteiger partial charge in [-0.05, 0) is 49.1 Å². The average Bonchev–Trinajstić information content (AvgIpc) is 3.19. The van der Waals surface area contributed by atoms with Gasteiger partial charge in [0.1, 0.15) is 5.82 Å². The summed E-state index contributed by atoms with van der Waals surface area (Å²) in [4.78, 5) is 31.6. The molecule has 1 aromatic carbocycles. The van der Waals surface area contributed by atoms with Crippen molar-refractivity contribution in [1.29, 1.82) is 0 Å². The molecule has 1 aliphatic heterocycles. The van der Waals surface area contributed by atoms with E-state index in [4.69, 9.17) is 22.3 Å². The number of anilines is 1. The molecule has 1 fully saturated rings. The lowest BCUT2D eigenvalue weighted by Gasteiger charge is -2.31. The van der Waals surface area contributed by atoms with Crippen LogP contribution in [-0.4, -0.2) is 43.5 Å². The number of hydrogen-bond acceptors (Lipinski definition) is 6. The zero-order valence-corrected chi connectivity index (χ0v) is 18.1. The maximum Gasteiger partial charge on any atom is 0.225 e. The number of imidazole rings is 1. The van der Waals surface area contributed by atoms with Crippen molar-refractivity contribution < 1.29 is 4.79 Å². The average molecular weight is 448 g/mol. The first-order valence-corrected chi connectivity index (χ1v) is 10.9. The Morgan fingerprint density at radius 1 is 1.06 bits per heavy atom. The zero-order chi connectivity index (χ0) is 22.1. The highest BCUT2D eigenvalue weighted by Crippen LogP contribution is 2.29. The lowest BCUT2D eigenvalue weighted by Crippen LogP contribution is -2.36. The van der Waals surface area contributed by atoms with Gasteiger partial charge >= 0.3 is 0 Å². The lowest BCUT2D eigenvalue weighted by atomic mass is 9.93. The summed E-state index contributed by atoms with van der Waals surface area (Å²) in [5, 5.41) is 0.671. The van der Waals surface area contributed by atoms with Gasteiger partial charge in [-0.3, -0.25) is 14.3 Å². The summed E-state index contributed by atoms with van der Waals surface area (Å²) in [7, 11) is 0. The Labute approximate surface area is 190 Å². The minimum absolute atomic E-state index is 0.233. The van der Waals surface area contributed by atoms with E-state index < -0.39 is 0 Å². The molecule has 4 aromatic rings. The van der Waals surface area contributed by atoms with Gasteiger partial charge in [0.15, 0.2) is 0 Å². The highest BCUT2D eigenvalue weighted by atomic mass is 35.5. The largest absolute Gasteiger partial charge is 0.370 e. The molecule has 4 heterocycles. The van der Waals surface area contributed by atoms with E-state index in [0.29, 0.717) is 23.3 Å². The minimum atomic E-state index is -0.233. The molecule has 1 amide bonds. The van der Waals surface area contributed by atoms with Crippen LogP contribution in [0.5, 0.6) is 0 Å². The van der Waals surface area contributed by atoms with Crippen LogP contribution in [-0.2, 0) is 4.79 Å². The fourth-order valence-corrected chi connectivity index (χ4v) is 4.32. The third-order valence-electron chi connectivity index (χ3n) is 5.83. The van der Waals surface area contributed by atoms with Gasteiger partial charge in [-0.15, -0.1) is 0 Å². The maximum atomic E-state index is 11.2. The number of piperidine rings is 1. The van der Waals surface area contributed by atoms with Crippen LogP contribution in [0.15, 0.2) is 55.1 Å². The Balaban J connectivity index is 1.44. The summed E-state index contributed by atoms with van der Waals surface area (Å²) < 4.78 is 2.03. The van der Waals surface area contributed by atoms with E-state index in [0.717, 1.165) is 54.0 Å². The van der Waals surface area contributed by atoms with Crippen molar-refractivity contribution in [3.8, 4) is 17.1 Å². The molecular weight excluding hydrogens is 426 g/mol. The summed E-state index contributed by atoms with van der Waals surface area (Å²) in [6.45, 7) is 1.62. The predicted molar refractivity (Wildman–Crippen MR) is 124 cm³/mol. The number of carbonyl (C=O) groups is 1. The quantitative estimate of drug-likeness (QED) is 0.501. The Morgan fingerprint density at radius 2 is 1.78 bits per heavy atom. The number of pyridine rings is 1. The molecule has 3 aromatic heterocycles. The molecule has 8 nitrogen and oxygen atoms in total. The van der Waals surface area contributed by atoms with Crippen molar-refractivity contribution in [1.82, 2.24) is 24.5 Å². The number of halogens is 1. The molecule has 1 aliphatic rings. The van der Waals surface area contributed by atoms with Crippen LogP contribution in [0.2, 0.25) is 5.02 Å². The summed E-state index contributed by atoms with van der Waals surface area (Å²) in [5.41, 5.74) is 8.81. The third kappa shape index (κ3) is 4.01. The van der Waals surface area contributed by atoms with E-state index in [-0.39, 0.29) is 5.91 Å². The predicted octanol–water partition coefficient (Wildman–Crippen LogP) is 3.62. The maximum absolute atomic E-state index is 11.2.